The Morgan fingerprint density at radius 1 is 1.19 bits per heavy atom. The van der Waals surface area contributed by atoms with Crippen molar-refractivity contribution >= 4 is 14.3 Å². The second kappa shape index (κ2) is 5.36. The van der Waals surface area contributed by atoms with Crippen molar-refractivity contribution in [1.29, 1.82) is 0 Å². The number of halogens is 3. The van der Waals surface area contributed by atoms with Crippen LogP contribution in [0.15, 0.2) is 18.2 Å². The lowest BCUT2D eigenvalue weighted by Crippen LogP contribution is -2.44. The molecule has 118 valence electrons. The van der Waals surface area contributed by atoms with Crippen LogP contribution < -0.4 is 4.43 Å². The predicted molar refractivity (Wildman–Crippen MR) is 76.2 cm³/mol. The van der Waals surface area contributed by atoms with Gasteiger partial charge in [0, 0.05) is 0 Å². The summed E-state index contributed by atoms with van der Waals surface area (Å²) < 4.78 is 44.6. The highest BCUT2D eigenvalue weighted by atomic mass is 28.4. The fourth-order valence-corrected chi connectivity index (χ4v) is 2.53. The van der Waals surface area contributed by atoms with Crippen molar-refractivity contribution < 1.29 is 27.5 Å². The molecule has 0 aliphatic heterocycles. The van der Waals surface area contributed by atoms with E-state index >= 15 is 0 Å². The molecule has 0 aromatic heterocycles. The average Bonchev–Trinajstić information content (AvgIpc) is 2.24. The van der Waals surface area contributed by atoms with E-state index in [0.29, 0.717) is 0 Å². The van der Waals surface area contributed by atoms with E-state index in [9.17, 15) is 18.0 Å². The third-order valence-electron chi connectivity index (χ3n) is 3.72. The van der Waals surface area contributed by atoms with E-state index in [1.807, 2.05) is 33.9 Å². The number of rotatable bonds is 3. The maximum absolute atomic E-state index is 12.9. The first kappa shape index (κ1) is 17.5. The van der Waals surface area contributed by atoms with Gasteiger partial charge in [0.05, 0.1) is 5.56 Å². The van der Waals surface area contributed by atoms with Crippen molar-refractivity contribution in [3.63, 3.8) is 0 Å². The summed E-state index contributed by atoms with van der Waals surface area (Å²) in [7, 11) is -2.44. The van der Waals surface area contributed by atoms with E-state index in [1.54, 1.807) is 0 Å². The van der Waals surface area contributed by atoms with Gasteiger partial charge in [-0.2, -0.15) is 13.2 Å². The lowest BCUT2D eigenvalue weighted by Gasteiger charge is -2.37. The summed E-state index contributed by atoms with van der Waals surface area (Å²) in [5.74, 6) is -1.86. The van der Waals surface area contributed by atoms with Crippen LogP contribution in [0.5, 0.6) is 5.75 Å². The topological polar surface area (TPSA) is 46.5 Å². The lowest BCUT2D eigenvalue weighted by molar-refractivity contribution is -0.138. The molecule has 0 heterocycles. The number of carbonyl (C=O) groups is 1. The molecule has 0 radical (unpaired) electrons. The van der Waals surface area contributed by atoms with Gasteiger partial charge in [-0.15, -0.1) is 0 Å². The summed E-state index contributed by atoms with van der Waals surface area (Å²) >= 11 is 0. The van der Waals surface area contributed by atoms with Gasteiger partial charge in [0.2, 0.25) is 0 Å². The molecule has 1 aromatic rings. The Balaban J connectivity index is 3.42. The van der Waals surface area contributed by atoms with Crippen molar-refractivity contribution in [2.24, 2.45) is 0 Å². The number of carboxylic acids is 1. The lowest BCUT2D eigenvalue weighted by atomic mass is 10.1. The van der Waals surface area contributed by atoms with Gasteiger partial charge in [-0.3, -0.25) is 0 Å². The average molecular weight is 320 g/mol. The van der Waals surface area contributed by atoms with Gasteiger partial charge >= 0.3 is 12.1 Å². The molecule has 21 heavy (non-hydrogen) atoms. The third-order valence-corrected chi connectivity index (χ3v) is 8.06. The Hall–Kier alpha value is -1.50. The Morgan fingerprint density at radius 3 is 2.10 bits per heavy atom. The second-order valence-electron chi connectivity index (χ2n) is 6.34. The fourth-order valence-electron chi connectivity index (χ4n) is 1.50. The zero-order chi connectivity index (χ0) is 16.6. The summed E-state index contributed by atoms with van der Waals surface area (Å²) in [6.45, 7) is 9.46. The Labute approximate surface area is 122 Å². The maximum Gasteiger partial charge on any atom is 0.417 e. The monoisotopic (exact) mass is 320 g/mol. The Kier molecular flexibility index (Phi) is 4.48. The maximum atomic E-state index is 12.9. The third kappa shape index (κ3) is 3.78. The first-order valence-electron chi connectivity index (χ1n) is 6.40. The zero-order valence-electron chi connectivity index (χ0n) is 12.6. The SMILES string of the molecule is CC(C)(C)[Si](C)(C)Oc1cccc(C(F)(F)F)c1C(=O)O. The number of hydrogen-bond acceptors (Lipinski definition) is 2. The summed E-state index contributed by atoms with van der Waals surface area (Å²) in [6.07, 6.45) is -4.74. The molecule has 0 aliphatic carbocycles. The molecule has 3 nitrogen and oxygen atoms in total. The van der Waals surface area contributed by atoms with Crippen LogP contribution in [0.2, 0.25) is 18.1 Å². The zero-order valence-corrected chi connectivity index (χ0v) is 13.6. The molecular formula is C14H19F3O3Si. The number of benzene rings is 1. The summed E-state index contributed by atoms with van der Waals surface area (Å²) in [5.41, 5.74) is -2.01. The summed E-state index contributed by atoms with van der Waals surface area (Å²) in [6, 6.07) is 3.19. The van der Waals surface area contributed by atoms with Crippen molar-refractivity contribution in [3.8, 4) is 5.75 Å². The van der Waals surface area contributed by atoms with Crippen molar-refractivity contribution in [1.82, 2.24) is 0 Å². The summed E-state index contributed by atoms with van der Waals surface area (Å²) in [5, 5.41) is 8.89. The van der Waals surface area contributed by atoms with E-state index < -0.39 is 31.6 Å². The van der Waals surface area contributed by atoms with Crippen LogP contribution in [0.4, 0.5) is 13.2 Å². The van der Waals surface area contributed by atoms with Gasteiger partial charge in [0.1, 0.15) is 11.3 Å². The van der Waals surface area contributed by atoms with E-state index in [2.05, 4.69) is 0 Å². The predicted octanol–water partition coefficient (Wildman–Crippen LogP) is 4.79. The normalized spacial score (nSPS) is 13.1. The number of aromatic carboxylic acids is 1. The highest BCUT2D eigenvalue weighted by molar-refractivity contribution is 6.74. The van der Waals surface area contributed by atoms with Crippen LogP contribution in [0.25, 0.3) is 0 Å². The van der Waals surface area contributed by atoms with Crippen LogP contribution in [0.1, 0.15) is 36.7 Å². The van der Waals surface area contributed by atoms with Crippen LogP contribution in [0.3, 0.4) is 0 Å². The number of carboxylic acid groups (broad SMARTS) is 1. The minimum absolute atomic E-state index is 0.219. The molecule has 0 amide bonds. The molecule has 0 saturated carbocycles. The first-order valence-corrected chi connectivity index (χ1v) is 9.31. The van der Waals surface area contributed by atoms with Crippen molar-refractivity contribution in [2.45, 2.75) is 45.1 Å². The van der Waals surface area contributed by atoms with E-state index in [1.165, 1.54) is 6.07 Å². The number of hydrogen-bond donors (Lipinski definition) is 1. The highest BCUT2D eigenvalue weighted by Gasteiger charge is 2.42. The molecule has 0 bridgehead atoms. The van der Waals surface area contributed by atoms with Crippen LogP contribution in [0, 0.1) is 0 Å². The molecule has 7 heteroatoms. The number of alkyl halides is 3. The van der Waals surface area contributed by atoms with Gasteiger partial charge in [-0.05, 0) is 30.3 Å². The molecule has 1 rings (SSSR count). The van der Waals surface area contributed by atoms with Gasteiger partial charge in [-0.1, -0.05) is 26.8 Å². The molecule has 0 unspecified atom stereocenters. The summed E-state index contributed by atoms with van der Waals surface area (Å²) in [4.78, 5) is 11.3. The van der Waals surface area contributed by atoms with E-state index in [-0.39, 0.29) is 10.8 Å². The highest BCUT2D eigenvalue weighted by Crippen LogP contribution is 2.41. The molecule has 0 spiro atoms. The quantitative estimate of drug-likeness (QED) is 0.815. The molecule has 1 N–H and O–H groups in total. The van der Waals surface area contributed by atoms with Crippen LogP contribution in [-0.2, 0) is 6.18 Å². The van der Waals surface area contributed by atoms with Crippen LogP contribution in [-0.4, -0.2) is 19.4 Å². The second-order valence-corrected chi connectivity index (χ2v) is 11.1. The van der Waals surface area contributed by atoms with Crippen LogP contribution >= 0.6 is 0 Å². The standard InChI is InChI=1S/C14H19F3O3Si/c1-13(2,3)21(4,5)20-10-8-6-7-9(14(15,16)17)11(10)12(18)19/h6-8H,1-5H3,(H,18,19). The Morgan fingerprint density at radius 2 is 1.71 bits per heavy atom. The molecular weight excluding hydrogens is 301 g/mol. The van der Waals surface area contributed by atoms with Gasteiger partial charge < -0.3 is 9.53 Å². The van der Waals surface area contributed by atoms with E-state index in [4.69, 9.17) is 9.53 Å². The van der Waals surface area contributed by atoms with Gasteiger partial charge in [0.15, 0.2) is 0 Å². The van der Waals surface area contributed by atoms with E-state index in [0.717, 1.165) is 12.1 Å². The molecule has 0 fully saturated rings. The van der Waals surface area contributed by atoms with Gasteiger partial charge in [0.25, 0.3) is 8.32 Å². The fraction of sp³-hybridized carbons (Fsp3) is 0.500. The molecule has 0 atom stereocenters. The van der Waals surface area contributed by atoms with Crippen molar-refractivity contribution in [3.05, 3.63) is 29.3 Å². The van der Waals surface area contributed by atoms with Gasteiger partial charge in [-0.25, -0.2) is 4.79 Å². The minimum atomic E-state index is -4.74. The Bertz CT molecular complexity index is 545. The molecule has 0 aliphatic rings. The van der Waals surface area contributed by atoms with Crippen molar-refractivity contribution in [2.75, 3.05) is 0 Å². The first-order chi connectivity index (χ1) is 9.27. The smallest absolute Gasteiger partial charge is 0.417 e. The largest absolute Gasteiger partial charge is 0.543 e. The molecule has 0 saturated heterocycles. The molecule has 1 aromatic carbocycles. The minimum Gasteiger partial charge on any atom is -0.543 e.